The summed E-state index contributed by atoms with van der Waals surface area (Å²) >= 11 is 1.48. The van der Waals surface area contributed by atoms with Gasteiger partial charge in [-0.05, 0) is 19.3 Å². The van der Waals surface area contributed by atoms with Gasteiger partial charge in [0.15, 0.2) is 0 Å². The van der Waals surface area contributed by atoms with Crippen LogP contribution in [0.1, 0.15) is 25.7 Å². The smallest absolute Gasteiger partial charge is 0.321 e. The van der Waals surface area contributed by atoms with E-state index in [1.165, 1.54) is 18.0 Å². The second-order valence-corrected chi connectivity index (χ2v) is 8.18. The van der Waals surface area contributed by atoms with E-state index in [0.29, 0.717) is 12.2 Å². The van der Waals surface area contributed by atoms with Crippen LogP contribution in [0.15, 0.2) is 0 Å². The van der Waals surface area contributed by atoms with Crippen molar-refractivity contribution in [3.8, 4) is 0 Å². The molecule has 7 heteroatoms. The maximum absolute atomic E-state index is 11.5. The maximum Gasteiger partial charge on any atom is 0.321 e. The molecule has 0 aromatic carbocycles. The molecule has 3 atom stereocenters. The van der Waals surface area contributed by atoms with Crippen molar-refractivity contribution in [2.45, 2.75) is 42.2 Å². The summed E-state index contributed by atoms with van der Waals surface area (Å²) in [4.78, 5) is 10.6. The zero-order valence-electron chi connectivity index (χ0n) is 9.83. The molecule has 1 aliphatic carbocycles. The van der Waals surface area contributed by atoms with Gasteiger partial charge in [0.25, 0.3) is 0 Å². The van der Waals surface area contributed by atoms with E-state index >= 15 is 0 Å². The van der Waals surface area contributed by atoms with Crippen molar-refractivity contribution in [3.63, 3.8) is 0 Å². The van der Waals surface area contributed by atoms with Crippen molar-refractivity contribution in [1.82, 2.24) is 0 Å². The summed E-state index contributed by atoms with van der Waals surface area (Å²) in [6.45, 7) is 0. The lowest BCUT2D eigenvalue weighted by molar-refractivity contribution is -0.137. The van der Waals surface area contributed by atoms with Gasteiger partial charge in [0.05, 0.1) is 5.25 Å². The van der Waals surface area contributed by atoms with Crippen LogP contribution >= 0.6 is 11.8 Å². The molecular formula is C10H19NO4S2. The number of thioether (sulfide) groups is 1. The number of hydrogen-bond donors (Lipinski definition) is 2. The van der Waals surface area contributed by atoms with Crippen LogP contribution in [0.4, 0.5) is 0 Å². The average molecular weight is 281 g/mol. The van der Waals surface area contributed by atoms with Crippen LogP contribution in [0.3, 0.4) is 0 Å². The summed E-state index contributed by atoms with van der Waals surface area (Å²) in [5.41, 5.74) is 5.42. The molecule has 0 saturated heterocycles. The largest absolute Gasteiger partial charge is 0.480 e. The third-order valence-corrected chi connectivity index (χ3v) is 6.10. The Morgan fingerprint density at radius 3 is 2.71 bits per heavy atom. The third-order valence-electron chi connectivity index (χ3n) is 3.01. The van der Waals surface area contributed by atoms with E-state index in [-0.39, 0.29) is 10.5 Å². The molecule has 0 spiro atoms. The second-order valence-electron chi connectivity index (χ2n) is 4.52. The van der Waals surface area contributed by atoms with Gasteiger partial charge in [-0.15, -0.1) is 0 Å². The lowest BCUT2D eigenvalue weighted by atomic mass is 10.00. The Kier molecular flexibility index (Phi) is 5.27. The summed E-state index contributed by atoms with van der Waals surface area (Å²) < 4.78 is 22.9. The molecule has 1 rings (SSSR count). The highest BCUT2D eigenvalue weighted by atomic mass is 32.2. The first-order chi connectivity index (χ1) is 7.80. The van der Waals surface area contributed by atoms with E-state index in [2.05, 4.69) is 0 Å². The number of carboxylic acids is 1. The minimum Gasteiger partial charge on any atom is -0.480 e. The standard InChI is InChI=1S/C10H19NO4S2/c1-17(14,15)8-4-2-3-7(5-8)16-6-9(11)10(12)13/h7-9H,2-6,11H2,1H3,(H,12,13)/t7?,8?,9-/m0/s1. The van der Waals surface area contributed by atoms with Crippen LogP contribution in [-0.4, -0.2) is 48.0 Å². The van der Waals surface area contributed by atoms with E-state index in [0.717, 1.165) is 19.3 Å². The summed E-state index contributed by atoms with van der Waals surface area (Å²) in [6, 6.07) is -0.862. The number of carbonyl (C=O) groups is 1. The van der Waals surface area contributed by atoms with Crippen molar-refractivity contribution >= 4 is 27.6 Å². The minimum atomic E-state index is -2.97. The van der Waals surface area contributed by atoms with Crippen molar-refractivity contribution in [3.05, 3.63) is 0 Å². The molecule has 1 aliphatic rings. The van der Waals surface area contributed by atoms with Crippen molar-refractivity contribution in [2.75, 3.05) is 12.0 Å². The van der Waals surface area contributed by atoms with Crippen LogP contribution in [-0.2, 0) is 14.6 Å². The van der Waals surface area contributed by atoms with Crippen LogP contribution in [0.2, 0.25) is 0 Å². The first kappa shape index (κ1) is 14.8. The molecule has 5 nitrogen and oxygen atoms in total. The fourth-order valence-corrected chi connectivity index (χ4v) is 4.58. The van der Waals surface area contributed by atoms with Gasteiger partial charge in [0.2, 0.25) is 0 Å². The molecule has 0 aromatic rings. The Morgan fingerprint density at radius 1 is 1.53 bits per heavy atom. The highest BCUT2D eigenvalue weighted by Gasteiger charge is 2.29. The number of sulfone groups is 1. The lowest BCUT2D eigenvalue weighted by Gasteiger charge is -2.27. The Morgan fingerprint density at radius 2 is 2.18 bits per heavy atom. The van der Waals surface area contributed by atoms with E-state index in [9.17, 15) is 13.2 Å². The molecule has 0 heterocycles. The topological polar surface area (TPSA) is 97.5 Å². The molecule has 100 valence electrons. The minimum absolute atomic E-state index is 0.217. The summed E-state index contributed by atoms with van der Waals surface area (Å²) in [6.07, 6.45) is 4.45. The van der Waals surface area contributed by atoms with E-state index in [1.807, 2.05) is 0 Å². The number of hydrogen-bond acceptors (Lipinski definition) is 5. The number of aliphatic carboxylic acids is 1. The Hall–Kier alpha value is -0.270. The van der Waals surface area contributed by atoms with Crippen molar-refractivity contribution in [1.29, 1.82) is 0 Å². The molecule has 0 radical (unpaired) electrons. The first-order valence-electron chi connectivity index (χ1n) is 5.59. The molecule has 3 N–H and O–H groups in total. The SMILES string of the molecule is CS(=O)(=O)C1CCCC(SC[C@H](N)C(=O)O)C1. The zero-order valence-corrected chi connectivity index (χ0v) is 11.5. The number of nitrogens with two attached hydrogens (primary N) is 1. The maximum atomic E-state index is 11.5. The molecule has 1 saturated carbocycles. The van der Waals surface area contributed by atoms with Crippen LogP contribution in [0, 0.1) is 0 Å². The van der Waals surface area contributed by atoms with Gasteiger partial charge in [-0.2, -0.15) is 11.8 Å². The van der Waals surface area contributed by atoms with E-state index in [1.54, 1.807) is 0 Å². The normalized spacial score (nSPS) is 27.6. The summed E-state index contributed by atoms with van der Waals surface area (Å²) in [5, 5.41) is 8.61. The first-order valence-corrected chi connectivity index (χ1v) is 8.60. The molecule has 0 amide bonds. The fraction of sp³-hybridized carbons (Fsp3) is 0.900. The monoisotopic (exact) mass is 281 g/mol. The Bertz CT molecular complexity index is 369. The van der Waals surface area contributed by atoms with Gasteiger partial charge < -0.3 is 10.8 Å². The molecule has 17 heavy (non-hydrogen) atoms. The third kappa shape index (κ3) is 4.85. The second kappa shape index (κ2) is 6.06. The van der Waals surface area contributed by atoms with E-state index in [4.69, 9.17) is 10.8 Å². The van der Waals surface area contributed by atoms with Crippen LogP contribution < -0.4 is 5.73 Å². The molecule has 0 aromatic heterocycles. The highest BCUT2D eigenvalue weighted by molar-refractivity contribution is 8.00. The summed E-state index contributed by atoms with van der Waals surface area (Å²) in [7, 11) is -2.97. The van der Waals surface area contributed by atoms with Gasteiger partial charge in [-0.25, -0.2) is 8.42 Å². The van der Waals surface area contributed by atoms with Crippen molar-refractivity contribution < 1.29 is 18.3 Å². The number of carboxylic acid groups (broad SMARTS) is 1. The Balaban J connectivity index is 2.43. The average Bonchev–Trinajstić information content (AvgIpc) is 2.25. The van der Waals surface area contributed by atoms with Gasteiger partial charge in [0, 0.05) is 17.3 Å². The Labute approximate surface area is 106 Å². The van der Waals surface area contributed by atoms with Crippen LogP contribution in [0.25, 0.3) is 0 Å². The van der Waals surface area contributed by atoms with Gasteiger partial charge >= 0.3 is 5.97 Å². The van der Waals surface area contributed by atoms with Gasteiger partial charge in [-0.3, -0.25) is 4.79 Å². The highest BCUT2D eigenvalue weighted by Crippen LogP contribution is 2.31. The van der Waals surface area contributed by atoms with E-state index < -0.39 is 21.8 Å². The van der Waals surface area contributed by atoms with Gasteiger partial charge in [-0.1, -0.05) is 6.42 Å². The molecule has 2 unspecified atom stereocenters. The quantitative estimate of drug-likeness (QED) is 0.761. The zero-order chi connectivity index (χ0) is 13.1. The fourth-order valence-electron chi connectivity index (χ4n) is 1.95. The lowest BCUT2D eigenvalue weighted by Crippen LogP contribution is -2.34. The molecule has 0 aliphatic heterocycles. The predicted molar refractivity (Wildman–Crippen MR) is 69.0 cm³/mol. The predicted octanol–water partition coefficient (Wildman–Crippen LogP) is 0.487. The summed E-state index contributed by atoms with van der Waals surface area (Å²) in [5.74, 6) is -0.663. The van der Waals surface area contributed by atoms with Crippen molar-refractivity contribution in [2.24, 2.45) is 5.73 Å². The molecular weight excluding hydrogens is 262 g/mol. The van der Waals surface area contributed by atoms with Gasteiger partial charge in [0.1, 0.15) is 15.9 Å². The molecule has 1 fully saturated rings. The number of rotatable bonds is 5. The van der Waals surface area contributed by atoms with Crippen LogP contribution in [0.5, 0.6) is 0 Å². The molecule has 0 bridgehead atoms.